The second kappa shape index (κ2) is 6.36. The minimum atomic E-state index is -0.397. The molecule has 2 rings (SSSR count). The molecule has 19 heavy (non-hydrogen) atoms. The second-order valence-corrected chi connectivity index (χ2v) is 4.86. The molecule has 0 unspecified atom stereocenters. The number of nitro groups is 1. The van der Waals surface area contributed by atoms with E-state index in [4.69, 9.17) is 0 Å². The Bertz CT molecular complexity index is 446. The number of anilines is 2. The van der Waals surface area contributed by atoms with Crippen molar-refractivity contribution in [2.75, 3.05) is 23.7 Å². The van der Waals surface area contributed by atoms with Crippen molar-refractivity contribution in [2.45, 2.75) is 32.6 Å². The monoisotopic (exact) mass is 264 g/mol. The van der Waals surface area contributed by atoms with Gasteiger partial charge >= 0.3 is 5.69 Å². The fourth-order valence-corrected chi connectivity index (χ4v) is 2.01. The average molecular weight is 264 g/mol. The quantitative estimate of drug-likeness (QED) is 0.428. The summed E-state index contributed by atoms with van der Waals surface area (Å²) < 4.78 is 0. The number of nitrogens with zero attached hydrogens (tertiary/aromatic N) is 2. The molecule has 104 valence electrons. The molecule has 6 nitrogen and oxygen atoms in total. The van der Waals surface area contributed by atoms with Crippen LogP contribution in [0.5, 0.6) is 0 Å². The third-order valence-electron chi connectivity index (χ3n) is 3.21. The Balaban J connectivity index is 1.96. The lowest BCUT2D eigenvalue weighted by Gasteiger charge is -2.08. The highest BCUT2D eigenvalue weighted by molar-refractivity contribution is 5.60. The van der Waals surface area contributed by atoms with Gasteiger partial charge in [-0.05, 0) is 31.7 Å². The van der Waals surface area contributed by atoms with E-state index < -0.39 is 4.92 Å². The van der Waals surface area contributed by atoms with Gasteiger partial charge in [-0.15, -0.1) is 0 Å². The summed E-state index contributed by atoms with van der Waals surface area (Å²) in [6, 6.07) is 3.13. The summed E-state index contributed by atoms with van der Waals surface area (Å²) in [6.45, 7) is 3.44. The van der Waals surface area contributed by atoms with Gasteiger partial charge in [0.15, 0.2) is 0 Å². The Morgan fingerprint density at radius 3 is 2.84 bits per heavy atom. The summed E-state index contributed by atoms with van der Waals surface area (Å²) in [5.41, 5.74) is 0.0353. The fourth-order valence-electron chi connectivity index (χ4n) is 2.01. The van der Waals surface area contributed by atoms with Gasteiger partial charge in [0.25, 0.3) is 0 Å². The SMILES string of the molecule is CCNc1ccc([N+](=O)[O-])c(NCCCC2CC2)n1. The van der Waals surface area contributed by atoms with E-state index in [0.29, 0.717) is 11.6 Å². The van der Waals surface area contributed by atoms with Crippen molar-refractivity contribution in [3.8, 4) is 0 Å². The van der Waals surface area contributed by atoms with Crippen molar-refractivity contribution in [2.24, 2.45) is 5.92 Å². The molecule has 0 atom stereocenters. The van der Waals surface area contributed by atoms with Crippen molar-refractivity contribution in [1.82, 2.24) is 4.98 Å². The molecule has 1 fully saturated rings. The number of hydrogen-bond donors (Lipinski definition) is 2. The van der Waals surface area contributed by atoms with Crippen LogP contribution in [-0.2, 0) is 0 Å². The van der Waals surface area contributed by atoms with Gasteiger partial charge in [-0.3, -0.25) is 10.1 Å². The Hall–Kier alpha value is -1.85. The standard InChI is InChI=1S/C13H20N4O2/c1-2-14-12-8-7-11(17(18)19)13(16-12)15-9-3-4-10-5-6-10/h7-8,10H,2-6,9H2,1H3,(H2,14,15,16). The largest absolute Gasteiger partial charge is 0.370 e. The van der Waals surface area contributed by atoms with Crippen LogP contribution in [0.3, 0.4) is 0 Å². The van der Waals surface area contributed by atoms with Crippen LogP contribution >= 0.6 is 0 Å². The molecule has 0 aromatic carbocycles. The molecular formula is C13H20N4O2. The molecule has 0 radical (unpaired) electrons. The Morgan fingerprint density at radius 1 is 1.42 bits per heavy atom. The number of pyridine rings is 1. The van der Waals surface area contributed by atoms with Crippen molar-refractivity contribution in [3.05, 3.63) is 22.2 Å². The van der Waals surface area contributed by atoms with Crippen LogP contribution in [-0.4, -0.2) is 23.0 Å². The summed E-state index contributed by atoms with van der Waals surface area (Å²) in [5.74, 6) is 1.91. The number of nitrogens with one attached hydrogen (secondary N) is 2. The first kappa shape index (κ1) is 13.6. The van der Waals surface area contributed by atoms with Gasteiger partial charge in [0.2, 0.25) is 5.82 Å². The maximum Gasteiger partial charge on any atom is 0.311 e. The van der Waals surface area contributed by atoms with Crippen LogP contribution < -0.4 is 10.6 Å². The van der Waals surface area contributed by atoms with Crippen LogP contribution in [0.2, 0.25) is 0 Å². The first-order valence-electron chi connectivity index (χ1n) is 6.84. The van der Waals surface area contributed by atoms with Crippen LogP contribution in [0.4, 0.5) is 17.3 Å². The van der Waals surface area contributed by atoms with E-state index in [-0.39, 0.29) is 5.69 Å². The van der Waals surface area contributed by atoms with Gasteiger partial charge < -0.3 is 10.6 Å². The van der Waals surface area contributed by atoms with E-state index in [1.807, 2.05) is 6.92 Å². The van der Waals surface area contributed by atoms with Gasteiger partial charge in [0.05, 0.1) is 4.92 Å². The number of hydrogen-bond acceptors (Lipinski definition) is 5. The Morgan fingerprint density at radius 2 is 2.21 bits per heavy atom. The van der Waals surface area contributed by atoms with Gasteiger partial charge in [-0.25, -0.2) is 4.98 Å². The average Bonchev–Trinajstić information content (AvgIpc) is 3.19. The predicted molar refractivity (Wildman–Crippen MR) is 75.5 cm³/mol. The smallest absolute Gasteiger partial charge is 0.311 e. The topological polar surface area (TPSA) is 80.1 Å². The highest BCUT2D eigenvalue weighted by atomic mass is 16.6. The van der Waals surface area contributed by atoms with Crippen LogP contribution in [0.15, 0.2) is 12.1 Å². The fraction of sp³-hybridized carbons (Fsp3) is 0.615. The molecule has 0 saturated heterocycles. The molecule has 1 aliphatic rings. The highest BCUT2D eigenvalue weighted by Crippen LogP contribution is 2.33. The first-order chi connectivity index (χ1) is 9.20. The summed E-state index contributed by atoms with van der Waals surface area (Å²) >= 11 is 0. The van der Waals surface area contributed by atoms with Crippen LogP contribution in [0.1, 0.15) is 32.6 Å². The van der Waals surface area contributed by atoms with Gasteiger partial charge in [0, 0.05) is 19.2 Å². The van der Waals surface area contributed by atoms with Crippen molar-refractivity contribution in [3.63, 3.8) is 0 Å². The van der Waals surface area contributed by atoms with E-state index >= 15 is 0 Å². The first-order valence-corrected chi connectivity index (χ1v) is 6.84. The maximum atomic E-state index is 10.9. The highest BCUT2D eigenvalue weighted by Gasteiger charge is 2.20. The third-order valence-corrected chi connectivity index (χ3v) is 3.21. The van der Waals surface area contributed by atoms with Crippen LogP contribution in [0, 0.1) is 16.0 Å². The minimum absolute atomic E-state index is 0.0353. The van der Waals surface area contributed by atoms with Gasteiger partial charge in [-0.1, -0.05) is 12.8 Å². The lowest BCUT2D eigenvalue weighted by Crippen LogP contribution is -2.08. The predicted octanol–water partition coefficient (Wildman–Crippen LogP) is 3.02. The zero-order valence-corrected chi connectivity index (χ0v) is 11.2. The Labute approximate surface area is 112 Å². The maximum absolute atomic E-state index is 10.9. The molecule has 1 aliphatic carbocycles. The van der Waals surface area contributed by atoms with Gasteiger partial charge in [0.1, 0.15) is 5.82 Å². The van der Waals surface area contributed by atoms with E-state index in [1.165, 1.54) is 25.3 Å². The normalized spacial score (nSPS) is 14.2. The molecule has 1 heterocycles. The lowest BCUT2D eigenvalue weighted by molar-refractivity contribution is -0.384. The molecule has 0 bridgehead atoms. The van der Waals surface area contributed by atoms with E-state index in [1.54, 1.807) is 6.07 Å². The second-order valence-electron chi connectivity index (χ2n) is 4.86. The molecule has 1 aromatic heterocycles. The number of aromatic nitrogens is 1. The molecule has 1 saturated carbocycles. The summed E-state index contributed by atoms with van der Waals surface area (Å²) in [4.78, 5) is 14.8. The van der Waals surface area contributed by atoms with Crippen LogP contribution in [0.25, 0.3) is 0 Å². The molecule has 0 spiro atoms. The van der Waals surface area contributed by atoms with E-state index in [2.05, 4.69) is 15.6 Å². The van der Waals surface area contributed by atoms with Gasteiger partial charge in [-0.2, -0.15) is 0 Å². The van der Waals surface area contributed by atoms with E-state index in [0.717, 1.165) is 25.4 Å². The Kier molecular flexibility index (Phi) is 4.54. The summed E-state index contributed by atoms with van der Waals surface area (Å²) in [6.07, 6.45) is 4.92. The molecule has 6 heteroatoms. The molecule has 0 aliphatic heterocycles. The minimum Gasteiger partial charge on any atom is -0.370 e. The summed E-state index contributed by atoms with van der Waals surface area (Å²) in [5, 5.41) is 17.1. The molecular weight excluding hydrogens is 244 g/mol. The molecule has 2 N–H and O–H groups in total. The number of rotatable bonds is 8. The molecule has 0 amide bonds. The van der Waals surface area contributed by atoms with Crippen molar-refractivity contribution < 1.29 is 4.92 Å². The third kappa shape index (κ3) is 4.08. The lowest BCUT2D eigenvalue weighted by atomic mass is 10.2. The zero-order chi connectivity index (χ0) is 13.7. The van der Waals surface area contributed by atoms with E-state index in [9.17, 15) is 10.1 Å². The molecule has 1 aromatic rings. The van der Waals surface area contributed by atoms with Crippen molar-refractivity contribution in [1.29, 1.82) is 0 Å². The van der Waals surface area contributed by atoms with Crippen molar-refractivity contribution >= 4 is 17.3 Å². The zero-order valence-electron chi connectivity index (χ0n) is 11.2. The summed E-state index contributed by atoms with van der Waals surface area (Å²) in [7, 11) is 0.